The summed E-state index contributed by atoms with van der Waals surface area (Å²) in [5, 5.41) is 8.59. The van der Waals surface area contributed by atoms with E-state index in [0.717, 1.165) is 0 Å². The van der Waals surface area contributed by atoms with Crippen LogP contribution >= 0.6 is 0 Å². The third kappa shape index (κ3) is 1.03. The summed E-state index contributed by atoms with van der Waals surface area (Å²) in [7, 11) is -3.39. The standard InChI is InChI=1S/C6H10O4S/c1-2-11(9,10)6(3-4-6)5(7)8/h2-4H2,1H3,(H,7,8). The molecule has 1 aliphatic carbocycles. The lowest BCUT2D eigenvalue weighted by Crippen LogP contribution is -2.33. The molecule has 0 heterocycles. The van der Waals surface area contributed by atoms with Gasteiger partial charge in [-0.15, -0.1) is 0 Å². The summed E-state index contributed by atoms with van der Waals surface area (Å²) in [5.41, 5.74) is 0. The Labute approximate surface area is 65.1 Å². The second-order valence-electron chi connectivity index (χ2n) is 2.70. The Hall–Kier alpha value is -0.580. The summed E-state index contributed by atoms with van der Waals surface area (Å²) in [5.74, 6) is -1.28. The van der Waals surface area contributed by atoms with Crippen molar-refractivity contribution in [3.63, 3.8) is 0 Å². The molecule has 4 nitrogen and oxygen atoms in total. The largest absolute Gasteiger partial charge is 0.480 e. The first-order chi connectivity index (χ1) is 4.96. The first-order valence-electron chi connectivity index (χ1n) is 3.42. The molecule has 0 bridgehead atoms. The maximum absolute atomic E-state index is 11.1. The van der Waals surface area contributed by atoms with E-state index in [2.05, 4.69) is 0 Å². The number of hydrogen-bond acceptors (Lipinski definition) is 3. The summed E-state index contributed by atoms with van der Waals surface area (Å²) < 4.78 is 20.9. The zero-order valence-electron chi connectivity index (χ0n) is 6.20. The SMILES string of the molecule is CCS(=O)(=O)C1(C(=O)O)CC1. The second-order valence-corrected chi connectivity index (χ2v) is 5.29. The van der Waals surface area contributed by atoms with Gasteiger partial charge in [0.1, 0.15) is 0 Å². The van der Waals surface area contributed by atoms with Gasteiger partial charge in [0.2, 0.25) is 0 Å². The van der Waals surface area contributed by atoms with Gasteiger partial charge in [-0.3, -0.25) is 4.79 Å². The van der Waals surface area contributed by atoms with E-state index in [9.17, 15) is 13.2 Å². The maximum Gasteiger partial charge on any atom is 0.325 e. The molecule has 0 atom stereocenters. The lowest BCUT2D eigenvalue weighted by atomic mass is 10.4. The van der Waals surface area contributed by atoms with Crippen molar-refractivity contribution in [2.24, 2.45) is 0 Å². The highest BCUT2D eigenvalue weighted by Crippen LogP contribution is 2.44. The molecule has 11 heavy (non-hydrogen) atoms. The monoisotopic (exact) mass is 178 g/mol. The Kier molecular flexibility index (Phi) is 1.70. The van der Waals surface area contributed by atoms with Crippen molar-refractivity contribution in [2.45, 2.75) is 24.5 Å². The van der Waals surface area contributed by atoms with Gasteiger partial charge in [-0.2, -0.15) is 0 Å². The van der Waals surface area contributed by atoms with Crippen molar-refractivity contribution in [1.82, 2.24) is 0 Å². The molecule has 0 aliphatic heterocycles. The van der Waals surface area contributed by atoms with Crippen LogP contribution in [0, 0.1) is 0 Å². The van der Waals surface area contributed by atoms with Crippen LogP contribution in [0.4, 0.5) is 0 Å². The van der Waals surface area contributed by atoms with E-state index in [1.54, 1.807) is 0 Å². The molecular formula is C6H10O4S. The molecule has 0 amide bonds. The summed E-state index contributed by atoms with van der Waals surface area (Å²) in [6.07, 6.45) is 0.553. The third-order valence-electron chi connectivity index (χ3n) is 2.07. The van der Waals surface area contributed by atoms with E-state index in [1.165, 1.54) is 6.92 Å². The molecule has 1 rings (SSSR count). The van der Waals surface area contributed by atoms with E-state index in [4.69, 9.17) is 5.11 Å². The highest BCUT2D eigenvalue weighted by Gasteiger charge is 2.60. The van der Waals surface area contributed by atoms with Gasteiger partial charge in [-0.05, 0) is 12.8 Å². The minimum absolute atomic E-state index is 0.0840. The molecular weight excluding hydrogens is 168 g/mol. The van der Waals surface area contributed by atoms with E-state index in [0.29, 0.717) is 0 Å². The Bertz CT molecular complexity index is 273. The van der Waals surface area contributed by atoms with Crippen LogP contribution in [0.5, 0.6) is 0 Å². The zero-order chi connectivity index (χ0) is 8.70. The number of aliphatic carboxylic acids is 1. The van der Waals surface area contributed by atoms with E-state index in [-0.39, 0.29) is 18.6 Å². The molecule has 1 saturated carbocycles. The maximum atomic E-state index is 11.1. The Balaban J connectivity index is 3.00. The summed E-state index contributed by atoms with van der Waals surface area (Å²) in [4.78, 5) is 10.5. The van der Waals surface area contributed by atoms with Crippen LogP contribution in [0.1, 0.15) is 19.8 Å². The van der Waals surface area contributed by atoms with Gasteiger partial charge in [-0.1, -0.05) is 6.92 Å². The highest BCUT2D eigenvalue weighted by atomic mass is 32.2. The van der Waals surface area contributed by atoms with Crippen molar-refractivity contribution >= 4 is 15.8 Å². The minimum Gasteiger partial charge on any atom is -0.480 e. The van der Waals surface area contributed by atoms with Crippen molar-refractivity contribution < 1.29 is 18.3 Å². The molecule has 0 aromatic rings. The summed E-state index contributed by atoms with van der Waals surface area (Å²) in [6, 6.07) is 0. The van der Waals surface area contributed by atoms with Crippen LogP contribution in [-0.2, 0) is 14.6 Å². The number of carbonyl (C=O) groups is 1. The molecule has 1 fully saturated rings. The average Bonchev–Trinajstić information content (AvgIpc) is 2.66. The molecule has 0 aromatic heterocycles. The molecule has 5 heteroatoms. The van der Waals surface area contributed by atoms with Gasteiger partial charge in [0.05, 0.1) is 0 Å². The first kappa shape index (κ1) is 8.52. The van der Waals surface area contributed by atoms with Crippen molar-refractivity contribution in [2.75, 3.05) is 5.75 Å². The predicted molar refractivity (Wildman–Crippen MR) is 39.1 cm³/mol. The van der Waals surface area contributed by atoms with Gasteiger partial charge in [0.25, 0.3) is 0 Å². The zero-order valence-corrected chi connectivity index (χ0v) is 7.02. The number of carboxylic acid groups (broad SMARTS) is 1. The normalized spacial score (nSPS) is 21.2. The van der Waals surface area contributed by atoms with Crippen LogP contribution in [0.3, 0.4) is 0 Å². The Morgan fingerprint density at radius 3 is 2.09 bits per heavy atom. The quantitative estimate of drug-likeness (QED) is 0.662. The molecule has 1 N–H and O–H groups in total. The highest BCUT2D eigenvalue weighted by molar-refractivity contribution is 7.93. The van der Waals surface area contributed by atoms with E-state index >= 15 is 0 Å². The van der Waals surface area contributed by atoms with Crippen molar-refractivity contribution in [3.8, 4) is 0 Å². The number of rotatable bonds is 3. The summed E-state index contributed by atoms with van der Waals surface area (Å²) in [6.45, 7) is 1.47. The molecule has 0 unspecified atom stereocenters. The lowest BCUT2D eigenvalue weighted by Gasteiger charge is -2.07. The second kappa shape index (κ2) is 2.20. The van der Waals surface area contributed by atoms with Crippen molar-refractivity contribution in [1.29, 1.82) is 0 Å². The molecule has 0 radical (unpaired) electrons. The first-order valence-corrected chi connectivity index (χ1v) is 5.07. The van der Waals surface area contributed by atoms with Gasteiger partial charge in [0, 0.05) is 5.75 Å². The van der Waals surface area contributed by atoms with E-state index < -0.39 is 20.6 Å². The van der Waals surface area contributed by atoms with Crippen LogP contribution in [0.15, 0.2) is 0 Å². The third-order valence-corrected chi connectivity index (χ3v) is 4.60. The fourth-order valence-electron chi connectivity index (χ4n) is 1.05. The smallest absolute Gasteiger partial charge is 0.325 e. The number of sulfone groups is 1. The Morgan fingerprint density at radius 1 is 1.55 bits per heavy atom. The topological polar surface area (TPSA) is 71.4 Å². The van der Waals surface area contributed by atoms with E-state index in [1.807, 2.05) is 0 Å². The number of hydrogen-bond donors (Lipinski definition) is 1. The number of carboxylic acids is 1. The average molecular weight is 178 g/mol. The summed E-state index contributed by atoms with van der Waals surface area (Å²) >= 11 is 0. The van der Waals surface area contributed by atoms with Gasteiger partial charge < -0.3 is 5.11 Å². The molecule has 64 valence electrons. The van der Waals surface area contributed by atoms with Crippen LogP contribution in [0.25, 0.3) is 0 Å². The van der Waals surface area contributed by atoms with Gasteiger partial charge in [0.15, 0.2) is 14.6 Å². The fourth-order valence-corrected chi connectivity index (χ4v) is 2.59. The van der Waals surface area contributed by atoms with Crippen molar-refractivity contribution in [3.05, 3.63) is 0 Å². The molecule has 0 saturated heterocycles. The lowest BCUT2D eigenvalue weighted by molar-refractivity contribution is -0.137. The molecule has 1 aliphatic rings. The molecule has 0 spiro atoms. The predicted octanol–water partition coefficient (Wildman–Crippen LogP) is 0.0383. The van der Waals surface area contributed by atoms with Crippen LogP contribution in [0.2, 0.25) is 0 Å². The fraction of sp³-hybridized carbons (Fsp3) is 0.833. The van der Waals surface area contributed by atoms with Crippen LogP contribution < -0.4 is 0 Å². The van der Waals surface area contributed by atoms with Gasteiger partial charge in [-0.25, -0.2) is 8.42 Å². The van der Waals surface area contributed by atoms with Gasteiger partial charge >= 0.3 is 5.97 Å². The Morgan fingerprint density at radius 2 is 2.00 bits per heavy atom. The van der Waals surface area contributed by atoms with Crippen LogP contribution in [-0.4, -0.2) is 30.0 Å². The minimum atomic E-state index is -3.39. The molecule has 0 aromatic carbocycles.